The number of unbranched alkanes of at least 4 members (excludes halogenated alkanes) is 5. The summed E-state index contributed by atoms with van der Waals surface area (Å²) in [6.45, 7) is 14.0. The second-order valence-corrected chi connectivity index (χ2v) is 11.6. The van der Waals surface area contributed by atoms with Gasteiger partial charge in [0.25, 0.3) is 0 Å². The average molecular weight is 621 g/mol. The maximum atomic E-state index is 11.8. The summed E-state index contributed by atoms with van der Waals surface area (Å²) in [5.74, 6) is 0. The molecule has 0 bridgehead atoms. The standard InChI is InChI=1S/C33H64O10/c1-7-12-18-36-25-17-23-41-33(30(39-21-15-10-4)28(25)37-19-13-8-2)43-26-24-42-32(35-6)31(40-22-16-11-5)29(27(26)34)38-20-14-9-3/h25-34H,7-24H2,1-6H3/t25-,26-,27-,28?,29?,30?,31?,32+,33-/m1/s1. The van der Waals surface area contributed by atoms with E-state index in [1.165, 1.54) is 0 Å². The molecular formula is C33H64O10. The molecule has 10 heteroatoms. The number of aliphatic hydroxyl groups excluding tert-OH is 1. The van der Waals surface area contributed by atoms with Gasteiger partial charge in [-0.1, -0.05) is 66.7 Å². The zero-order chi connectivity index (χ0) is 31.3. The van der Waals surface area contributed by atoms with Crippen LogP contribution in [0.3, 0.4) is 0 Å². The highest BCUT2D eigenvalue weighted by Crippen LogP contribution is 2.30. The quantitative estimate of drug-likeness (QED) is 0.149. The van der Waals surface area contributed by atoms with Crippen molar-refractivity contribution in [2.24, 2.45) is 0 Å². The van der Waals surface area contributed by atoms with Crippen molar-refractivity contribution in [2.75, 3.05) is 53.4 Å². The van der Waals surface area contributed by atoms with Crippen LogP contribution in [0.4, 0.5) is 0 Å². The summed E-state index contributed by atoms with van der Waals surface area (Å²) in [4.78, 5) is 0. The van der Waals surface area contributed by atoms with Crippen LogP contribution >= 0.6 is 0 Å². The van der Waals surface area contributed by atoms with Crippen molar-refractivity contribution in [3.63, 3.8) is 0 Å². The summed E-state index contributed by atoms with van der Waals surface area (Å²) in [6.07, 6.45) is 4.59. The van der Waals surface area contributed by atoms with Gasteiger partial charge in [-0.2, -0.15) is 0 Å². The second-order valence-electron chi connectivity index (χ2n) is 11.6. The highest BCUT2D eigenvalue weighted by molar-refractivity contribution is 4.92. The summed E-state index contributed by atoms with van der Waals surface area (Å²) >= 11 is 0. The van der Waals surface area contributed by atoms with Crippen molar-refractivity contribution >= 4 is 0 Å². The molecule has 0 saturated carbocycles. The predicted molar refractivity (Wildman–Crippen MR) is 165 cm³/mol. The van der Waals surface area contributed by atoms with E-state index in [9.17, 15) is 5.11 Å². The Morgan fingerprint density at radius 3 is 1.53 bits per heavy atom. The maximum Gasteiger partial charge on any atom is 0.186 e. The van der Waals surface area contributed by atoms with Crippen LogP contribution in [0.5, 0.6) is 0 Å². The minimum absolute atomic E-state index is 0.0836. The molecule has 256 valence electrons. The number of methoxy groups -OCH3 is 1. The van der Waals surface area contributed by atoms with E-state index < -0.39 is 43.1 Å². The van der Waals surface area contributed by atoms with Crippen molar-refractivity contribution in [3.05, 3.63) is 0 Å². The predicted octanol–water partition coefficient (Wildman–Crippen LogP) is 5.41. The van der Waals surface area contributed by atoms with Gasteiger partial charge >= 0.3 is 0 Å². The van der Waals surface area contributed by atoms with Crippen LogP contribution in [0, 0.1) is 0 Å². The van der Waals surface area contributed by atoms with Crippen LogP contribution in [-0.4, -0.2) is 114 Å². The molecule has 0 aromatic carbocycles. The molecule has 2 aliphatic rings. The lowest BCUT2D eigenvalue weighted by molar-refractivity contribution is -0.268. The van der Waals surface area contributed by atoms with Gasteiger partial charge < -0.3 is 47.7 Å². The molecule has 2 rings (SSSR count). The third kappa shape index (κ3) is 13.5. The summed E-state index contributed by atoms with van der Waals surface area (Å²) in [6, 6.07) is 0. The molecule has 0 amide bonds. The SMILES string of the molecule is CCCCOC1C(OCCCC)[C@H](OCCCC)CCO[C@@H]1O[C@@H]1CO[C@H](OC)C(OCCCC)C(OCCCC)[C@@H]1O. The third-order valence-electron chi connectivity index (χ3n) is 7.98. The van der Waals surface area contributed by atoms with E-state index in [1.807, 2.05) is 0 Å². The zero-order valence-corrected chi connectivity index (χ0v) is 28.0. The molecule has 4 unspecified atom stereocenters. The summed E-state index contributed by atoms with van der Waals surface area (Å²) in [5.41, 5.74) is 0. The summed E-state index contributed by atoms with van der Waals surface area (Å²) in [7, 11) is 1.58. The van der Waals surface area contributed by atoms with Crippen molar-refractivity contribution in [1.82, 2.24) is 0 Å². The van der Waals surface area contributed by atoms with E-state index in [0.29, 0.717) is 46.1 Å². The molecule has 0 aliphatic carbocycles. The minimum atomic E-state index is -1.04. The van der Waals surface area contributed by atoms with Gasteiger partial charge in [-0.15, -0.1) is 0 Å². The van der Waals surface area contributed by atoms with Crippen LogP contribution in [-0.2, 0) is 42.6 Å². The topological polar surface area (TPSA) is 103 Å². The van der Waals surface area contributed by atoms with Gasteiger partial charge in [0.15, 0.2) is 12.6 Å². The summed E-state index contributed by atoms with van der Waals surface area (Å²) < 4.78 is 56.6. The third-order valence-corrected chi connectivity index (χ3v) is 7.98. The lowest BCUT2D eigenvalue weighted by Gasteiger charge is -2.37. The first-order chi connectivity index (χ1) is 21.1. The lowest BCUT2D eigenvalue weighted by Crippen LogP contribution is -2.53. The van der Waals surface area contributed by atoms with Crippen molar-refractivity contribution < 1.29 is 47.7 Å². The first-order valence-electron chi connectivity index (χ1n) is 17.2. The molecular weight excluding hydrogens is 556 g/mol. The Balaban J connectivity index is 2.33. The van der Waals surface area contributed by atoms with Gasteiger partial charge in [0, 0.05) is 40.1 Å². The van der Waals surface area contributed by atoms with Crippen LogP contribution in [0.2, 0.25) is 0 Å². The molecule has 2 fully saturated rings. The first-order valence-corrected chi connectivity index (χ1v) is 17.2. The van der Waals surface area contributed by atoms with Crippen LogP contribution in [0.1, 0.15) is 105 Å². The van der Waals surface area contributed by atoms with Crippen molar-refractivity contribution in [3.8, 4) is 0 Å². The fraction of sp³-hybridized carbons (Fsp3) is 1.00. The van der Waals surface area contributed by atoms with E-state index in [2.05, 4.69) is 34.6 Å². The molecule has 0 aromatic rings. The van der Waals surface area contributed by atoms with Crippen molar-refractivity contribution in [1.29, 1.82) is 0 Å². The molecule has 10 nitrogen and oxygen atoms in total. The highest BCUT2D eigenvalue weighted by atomic mass is 16.7. The Morgan fingerprint density at radius 2 is 1.02 bits per heavy atom. The van der Waals surface area contributed by atoms with E-state index in [-0.39, 0.29) is 18.8 Å². The van der Waals surface area contributed by atoms with Crippen LogP contribution in [0.15, 0.2) is 0 Å². The van der Waals surface area contributed by atoms with Gasteiger partial charge in [0.2, 0.25) is 0 Å². The normalized spacial score (nSPS) is 32.0. The molecule has 2 heterocycles. The smallest absolute Gasteiger partial charge is 0.186 e. The Labute approximate surface area is 261 Å². The minimum Gasteiger partial charge on any atom is -0.387 e. The molecule has 2 aliphatic heterocycles. The van der Waals surface area contributed by atoms with Gasteiger partial charge in [-0.05, 0) is 38.5 Å². The number of rotatable bonds is 23. The Morgan fingerprint density at radius 1 is 0.558 bits per heavy atom. The van der Waals surface area contributed by atoms with E-state index in [1.54, 1.807) is 7.11 Å². The van der Waals surface area contributed by atoms with Gasteiger partial charge in [-0.25, -0.2) is 0 Å². The largest absolute Gasteiger partial charge is 0.387 e. The Hall–Kier alpha value is -0.400. The fourth-order valence-corrected chi connectivity index (χ4v) is 5.24. The van der Waals surface area contributed by atoms with Gasteiger partial charge in [0.05, 0.1) is 19.3 Å². The molecule has 43 heavy (non-hydrogen) atoms. The van der Waals surface area contributed by atoms with Gasteiger partial charge in [-0.3, -0.25) is 0 Å². The molecule has 0 radical (unpaired) electrons. The molecule has 9 atom stereocenters. The zero-order valence-electron chi connectivity index (χ0n) is 28.0. The molecule has 0 aromatic heterocycles. The number of ether oxygens (including phenoxy) is 9. The Kier molecular flexibility index (Phi) is 21.5. The van der Waals surface area contributed by atoms with Crippen molar-refractivity contribution in [2.45, 2.75) is 161 Å². The van der Waals surface area contributed by atoms with Gasteiger partial charge in [0.1, 0.15) is 36.6 Å². The lowest BCUT2D eigenvalue weighted by atomic mass is 10.0. The molecule has 2 saturated heterocycles. The van der Waals surface area contributed by atoms with Crippen LogP contribution in [0.25, 0.3) is 0 Å². The molecule has 1 N–H and O–H groups in total. The van der Waals surface area contributed by atoms with E-state index in [4.69, 9.17) is 42.6 Å². The number of aliphatic hydroxyl groups is 1. The van der Waals surface area contributed by atoms with Crippen LogP contribution < -0.4 is 0 Å². The maximum absolute atomic E-state index is 11.8. The average Bonchev–Trinajstić information content (AvgIpc) is 3.24. The Bertz CT molecular complexity index is 655. The van der Waals surface area contributed by atoms with E-state index in [0.717, 1.165) is 64.2 Å². The summed E-state index contributed by atoms with van der Waals surface area (Å²) in [5, 5.41) is 11.8. The fourth-order valence-electron chi connectivity index (χ4n) is 5.24. The monoisotopic (exact) mass is 620 g/mol. The first kappa shape index (κ1) is 38.8. The number of hydrogen-bond donors (Lipinski definition) is 1. The molecule has 0 spiro atoms. The highest BCUT2D eigenvalue weighted by Gasteiger charge is 2.48. The van der Waals surface area contributed by atoms with E-state index >= 15 is 0 Å². The second kappa shape index (κ2) is 23.9. The number of hydrogen-bond acceptors (Lipinski definition) is 10.